The van der Waals surface area contributed by atoms with Gasteiger partial charge in [0.1, 0.15) is 12.6 Å². The van der Waals surface area contributed by atoms with Gasteiger partial charge in [-0.15, -0.1) is 0 Å². The maximum absolute atomic E-state index is 13.4. The first-order valence-electron chi connectivity index (χ1n) is 18.0. The number of nitrogens with one attached hydrogen (secondary N) is 1. The molecule has 2 aromatic rings. The van der Waals surface area contributed by atoms with Gasteiger partial charge in [0.25, 0.3) is 0 Å². The second-order valence-corrected chi connectivity index (χ2v) is 15.9. The number of carbonyl (C=O) groups excluding carboxylic acids is 2. The third-order valence-corrected chi connectivity index (χ3v) is 13.4. The van der Waals surface area contributed by atoms with Gasteiger partial charge >= 0.3 is 5.97 Å². The number of rotatable bonds is 10. The van der Waals surface area contributed by atoms with E-state index in [1.54, 1.807) is 0 Å². The smallest absolute Gasteiger partial charge is 0.329 e. The molecule has 11 atom stereocenters. The van der Waals surface area contributed by atoms with Gasteiger partial charge in [0.05, 0.1) is 12.2 Å². The molecule has 6 nitrogen and oxygen atoms in total. The zero-order valence-electron chi connectivity index (χ0n) is 28.1. The van der Waals surface area contributed by atoms with Crippen LogP contribution >= 0.6 is 0 Å². The minimum absolute atomic E-state index is 0.103. The minimum atomic E-state index is -0.739. The molecule has 0 bridgehead atoms. The van der Waals surface area contributed by atoms with E-state index in [-0.39, 0.29) is 35.6 Å². The van der Waals surface area contributed by atoms with Gasteiger partial charge in [-0.05, 0) is 115 Å². The van der Waals surface area contributed by atoms with E-state index in [0.29, 0.717) is 48.3 Å². The summed E-state index contributed by atoms with van der Waals surface area (Å²) in [4.78, 5) is 26.6. The molecule has 6 rings (SSSR count). The van der Waals surface area contributed by atoms with Crippen LogP contribution in [-0.2, 0) is 27.4 Å². The Morgan fingerprint density at radius 1 is 0.870 bits per heavy atom. The van der Waals surface area contributed by atoms with Crippen molar-refractivity contribution in [3.63, 3.8) is 0 Å². The summed E-state index contributed by atoms with van der Waals surface area (Å²) in [6.45, 7) is 7.43. The van der Waals surface area contributed by atoms with E-state index in [2.05, 4.69) is 26.1 Å². The number of benzene rings is 2. The average molecular weight is 630 g/mol. The molecule has 3 unspecified atom stereocenters. The van der Waals surface area contributed by atoms with Gasteiger partial charge in [-0.1, -0.05) is 81.4 Å². The third-order valence-electron chi connectivity index (χ3n) is 13.4. The van der Waals surface area contributed by atoms with E-state index in [1.807, 2.05) is 60.7 Å². The van der Waals surface area contributed by atoms with Crippen molar-refractivity contribution in [3.05, 3.63) is 71.8 Å². The number of ether oxygens (including phenoxy) is 1. The SMILES string of the molecule is C[C@H](CCC(=O)N[C@@H](Cc1ccccc1)C(=O)OCc1ccccc1)[C@H]1CCC2C3C(CC[C@@]21C)[C@@]1(C)CC[C@@H](O)C[C@H]1C[C@@H]3O. The second-order valence-electron chi connectivity index (χ2n) is 15.9. The van der Waals surface area contributed by atoms with Crippen molar-refractivity contribution in [1.29, 1.82) is 0 Å². The zero-order chi connectivity index (χ0) is 32.5. The van der Waals surface area contributed by atoms with E-state index in [1.165, 1.54) is 6.42 Å². The van der Waals surface area contributed by atoms with E-state index in [9.17, 15) is 19.8 Å². The number of aliphatic hydroxyl groups excluding tert-OH is 2. The Morgan fingerprint density at radius 3 is 2.24 bits per heavy atom. The van der Waals surface area contributed by atoms with Crippen LogP contribution in [0.4, 0.5) is 0 Å². The van der Waals surface area contributed by atoms with Crippen molar-refractivity contribution in [2.45, 2.75) is 116 Å². The van der Waals surface area contributed by atoms with Gasteiger partial charge in [-0.2, -0.15) is 0 Å². The molecule has 0 heterocycles. The fraction of sp³-hybridized carbons (Fsp3) is 0.650. The van der Waals surface area contributed by atoms with E-state index >= 15 is 0 Å². The molecule has 4 aliphatic carbocycles. The van der Waals surface area contributed by atoms with Crippen LogP contribution in [0.3, 0.4) is 0 Å². The lowest BCUT2D eigenvalue weighted by molar-refractivity contribution is -0.174. The number of hydrogen-bond acceptors (Lipinski definition) is 5. The van der Waals surface area contributed by atoms with Crippen LogP contribution in [0.15, 0.2) is 60.7 Å². The highest BCUT2D eigenvalue weighted by Gasteiger charge is 2.62. The van der Waals surface area contributed by atoms with E-state index in [0.717, 1.165) is 62.5 Å². The van der Waals surface area contributed by atoms with Crippen molar-refractivity contribution in [1.82, 2.24) is 5.32 Å². The monoisotopic (exact) mass is 629 g/mol. The summed E-state index contributed by atoms with van der Waals surface area (Å²) in [5.74, 6) is 2.21. The topological polar surface area (TPSA) is 95.9 Å². The first kappa shape index (κ1) is 33.2. The molecule has 1 amide bonds. The number of esters is 1. The summed E-state index contributed by atoms with van der Waals surface area (Å²) in [7, 11) is 0. The van der Waals surface area contributed by atoms with Crippen molar-refractivity contribution >= 4 is 11.9 Å². The van der Waals surface area contributed by atoms with Crippen LogP contribution < -0.4 is 5.32 Å². The number of carbonyl (C=O) groups is 2. The summed E-state index contributed by atoms with van der Waals surface area (Å²) in [5, 5.41) is 25.0. The summed E-state index contributed by atoms with van der Waals surface area (Å²) in [5.41, 5.74) is 2.30. The largest absolute Gasteiger partial charge is 0.459 e. The van der Waals surface area contributed by atoms with E-state index < -0.39 is 12.0 Å². The number of aliphatic hydroxyl groups is 2. The molecule has 0 radical (unpaired) electrons. The lowest BCUT2D eigenvalue weighted by atomic mass is 9.43. The highest BCUT2D eigenvalue weighted by atomic mass is 16.5. The van der Waals surface area contributed by atoms with Gasteiger partial charge in [0, 0.05) is 12.8 Å². The molecule has 4 aliphatic rings. The lowest BCUT2D eigenvalue weighted by Crippen LogP contribution is -2.58. The van der Waals surface area contributed by atoms with Gasteiger partial charge in [-0.3, -0.25) is 4.79 Å². The molecular weight excluding hydrogens is 574 g/mol. The average Bonchev–Trinajstić information content (AvgIpc) is 3.41. The number of fused-ring (bicyclic) bond motifs is 5. The Labute approximate surface area is 275 Å². The normalized spacial score (nSPS) is 36.4. The molecule has 3 N–H and O–H groups in total. The van der Waals surface area contributed by atoms with Crippen LogP contribution in [0.1, 0.15) is 96.1 Å². The van der Waals surface area contributed by atoms with Crippen molar-refractivity contribution in [2.24, 2.45) is 46.3 Å². The number of hydrogen-bond donors (Lipinski definition) is 3. The van der Waals surface area contributed by atoms with E-state index in [4.69, 9.17) is 4.74 Å². The summed E-state index contributed by atoms with van der Waals surface area (Å²) < 4.78 is 5.65. The summed E-state index contributed by atoms with van der Waals surface area (Å²) >= 11 is 0. The molecule has 0 spiro atoms. The first-order valence-corrected chi connectivity index (χ1v) is 18.0. The molecule has 4 fully saturated rings. The van der Waals surface area contributed by atoms with Crippen molar-refractivity contribution in [3.8, 4) is 0 Å². The molecule has 4 saturated carbocycles. The lowest BCUT2D eigenvalue weighted by Gasteiger charge is -2.62. The van der Waals surface area contributed by atoms with Crippen molar-refractivity contribution in [2.75, 3.05) is 0 Å². The van der Waals surface area contributed by atoms with Crippen LogP contribution in [0.25, 0.3) is 0 Å². The van der Waals surface area contributed by atoms with Crippen LogP contribution in [0.2, 0.25) is 0 Å². The Balaban J connectivity index is 1.07. The van der Waals surface area contributed by atoms with Crippen LogP contribution in [0, 0.1) is 46.3 Å². The highest BCUT2D eigenvalue weighted by Crippen LogP contribution is 2.68. The molecular formula is C40H55NO5. The molecule has 6 heteroatoms. The summed E-state index contributed by atoms with van der Waals surface area (Å²) in [6, 6.07) is 18.6. The fourth-order valence-electron chi connectivity index (χ4n) is 10.9. The Morgan fingerprint density at radius 2 is 1.52 bits per heavy atom. The molecule has 0 aromatic heterocycles. The molecule has 2 aromatic carbocycles. The standard InChI is InChI=1S/C40H55NO5/c1-26(14-17-36(44)41-34(22-27-10-6-4-7-11-27)38(45)46-25-28-12-8-5-9-13-28)31-15-16-32-37-33(19-21-40(31,32)3)39(2)20-18-30(42)23-29(39)24-35(37)43/h4-13,26,29-35,37,42-43H,14-25H2,1-3H3,(H,41,44)/t26-,29+,30-,31-,32?,33?,34+,35+,37?,39+,40-/m1/s1. The maximum Gasteiger partial charge on any atom is 0.329 e. The minimum Gasteiger partial charge on any atom is -0.459 e. The molecule has 46 heavy (non-hydrogen) atoms. The van der Waals surface area contributed by atoms with Crippen LogP contribution in [-0.4, -0.2) is 40.3 Å². The van der Waals surface area contributed by atoms with Crippen molar-refractivity contribution < 1.29 is 24.5 Å². The van der Waals surface area contributed by atoms with Gasteiger partial charge < -0.3 is 20.3 Å². The Kier molecular flexibility index (Phi) is 9.97. The quantitative estimate of drug-likeness (QED) is 0.250. The Bertz CT molecular complexity index is 1330. The molecule has 250 valence electrons. The van der Waals surface area contributed by atoms with Gasteiger partial charge in [0.15, 0.2) is 0 Å². The first-order chi connectivity index (χ1) is 22.1. The van der Waals surface area contributed by atoms with Gasteiger partial charge in [0.2, 0.25) is 5.91 Å². The predicted molar refractivity (Wildman–Crippen MR) is 179 cm³/mol. The second kappa shape index (κ2) is 13.8. The summed E-state index contributed by atoms with van der Waals surface area (Å²) in [6.07, 6.45) is 9.38. The third kappa shape index (κ3) is 6.67. The molecule has 0 saturated heterocycles. The zero-order valence-corrected chi connectivity index (χ0v) is 28.1. The molecule has 0 aliphatic heterocycles. The van der Waals surface area contributed by atoms with Crippen LogP contribution in [0.5, 0.6) is 0 Å². The predicted octanol–water partition coefficient (Wildman–Crippen LogP) is 6.86. The Hall–Kier alpha value is -2.70. The number of amides is 1. The van der Waals surface area contributed by atoms with Gasteiger partial charge in [-0.25, -0.2) is 4.79 Å². The maximum atomic E-state index is 13.4. The fourth-order valence-corrected chi connectivity index (χ4v) is 10.9. The highest BCUT2D eigenvalue weighted by molar-refractivity contribution is 5.84.